The van der Waals surface area contributed by atoms with Crippen molar-refractivity contribution in [2.75, 3.05) is 26.2 Å². The fourth-order valence-corrected chi connectivity index (χ4v) is 4.39. The number of carbonyl (C=O) groups excluding carboxylic acids is 1. The van der Waals surface area contributed by atoms with E-state index in [9.17, 15) is 4.79 Å². The molecule has 0 unspecified atom stereocenters. The van der Waals surface area contributed by atoms with Gasteiger partial charge in [0, 0.05) is 18.9 Å². The molecule has 0 spiro atoms. The fourth-order valence-electron chi connectivity index (χ4n) is 4.39. The van der Waals surface area contributed by atoms with Gasteiger partial charge in [-0.1, -0.05) is 25.0 Å². The molecule has 0 atom stereocenters. The fraction of sp³-hybridized carbons (Fsp3) is 0.440. The minimum atomic E-state index is -0.0593. The molecule has 164 valence electrons. The van der Waals surface area contributed by atoms with Crippen LogP contribution in [0.1, 0.15) is 53.7 Å². The number of amides is 1. The zero-order valence-corrected chi connectivity index (χ0v) is 18.7. The SMILES string of the molecule is Cc1cccc(-n2nc(C)c(C(=O)NCCCN3CCCCCC3)c2-n2cccc2)c1. The molecule has 6 nitrogen and oxygen atoms in total. The molecule has 6 heteroatoms. The molecule has 1 N–H and O–H groups in total. The van der Waals surface area contributed by atoms with Crippen molar-refractivity contribution in [1.82, 2.24) is 24.6 Å². The number of rotatable bonds is 7. The maximum absolute atomic E-state index is 13.2. The summed E-state index contributed by atoms with van der Waals surface area (Å²) in [4.78, 5) is 15.7. The predicted octanol–water partition coefficient (Wildman–Crippen LogP) is 4.28. The van der Waals surface area contributed by atoms with Gasteiger partial charge in [-0.2, -0.15) is 5.10 Å². The summed E-state index contributed by atoms with van der Waals surface area (Å²) in [6, 6.07) is 12.1. The maximum atomic E-state index is 13.2. The number of benzene rings is 1. The molecule has 4 rings (SSSR count). The Kier molecular flexibility index (Phi) is 6.87. The van der Waals surface area contributed by atoms with Gasteiger partial charge >= 0.3 is 0 Å². The number of aromatic nitrogens is 3. The van der Waals surface area contributed by atoms with Crippen LogP contribution in [-0.4, -0.2) is 51.3 Å². The van der Waals surface area contributed by atoms with Gasteiger partial charge in [-0.3, -0.25) is 4.79 Å². The number of likely N-dealkylation sites (tertiary alicyclic amines) is 1. The lowest BCUT2D eigenvalue weighted by atomic mass is 10.2. The van der Waals surface area contributed by atoms with Gasteiger partial charge in [0.05, 0.1) is 11.4 Å². The van der Waals surface area contributed by atoms with Gasteiger partial charge in [0.25, 0.3) is 5.91 Å². The van der Waals surface area contributed by atoms with Crippen molar-refractivity contribution < 1.29 is 4.79 Å². The van der Waals surface area contributed by atoms with Crippen LogP contribution in [0.2, 0.25) is 0 Å². The first kappa shape index (κ1) is 21.4. The van der Waals surface area contributed by atoms with Crippen molar-refractivity contribution in [1.29, 1.82) is 0 Å². The van der Waals surface area contributed by atoms with Crippen LogP contribution >= 0.6 is 0 Å². The quantitative estimate of drug-likeness (QED) is 0.582. The van der Waals surface area contributed by atoms with E-state index in [2.05, 4.69) is 29.3 Å². The summed E-state index contributed by atoms with van der Waals surface area (Å²) >= 11 is 0. The van der Waals surface area contributed by atoms with E-state index in [0.29, 0.717) is 12.1 Å². The van der Waals surface area contributed by atoms with Gasteiger partial charge in [0.2, 0.25) is 0 Å². The molecule has 1 aliphatic heterocycles. The Morgan fingerprint density at radius 1 is 1.03 bits per heavy atom. The Labute approximate surface area is 184 Å². The first-order valence-corrected chi connectivity index (χ1v) is 11.4. The molecule has 3 aromatic rings. The third-order valence-corrected chi connectivity index (χ3v) is 5.99. The third kappa shape index (κ3) is 5.07. The summed E-state index contributed by atoms with van der Waals surface area (Å²) in [5.74, 6) is 0.717. The largest absolute Gasteiger partial charge is 0.352 e. The highest BCUT2D eigenvalue weighted by Gasteiger charge is 2.23. The summed E-state index contributed by atoms with van der Waals surface area (Å²) in [7, 11) is 0. The van der Waals surface area contributed by atoms with E-state index in [0.717, 1.165) is 35.7 Å². The topological polar surface area (TPSA) is 55.1 Å². The second kappa shape index (κ2) is 9.96. The standard InChI is InChI=1S/C25H33N5O/c1-20-11-9-12-22(19-20)30-25(29-17-7-8-18-29)23(21(2)27-30)24(31)26-13-10-16-28-14-5-3-4-6-15-28/h7-9,11-12,17-19H,3-6,10,13-16H2,1-2H3,(H,26,31). The molecule has 3 heterocycles. The lowest BCUT2D eigenvalue weighted by molar-refractivity contribution is 0.0951. The molecule has 0 aliphatic carbocycles. The Balaban J connectivity index is 1.51. The third-order valence-electron chi connectivity index (χ3n) is 5.99. The van der Waals surface area contributed by atoms with Crippen LogP contribution in [0.5, 0.6) is 0 Å². The number of aryl methyl sites for hydroxylation is 2. The molecule has 2 aromatic heterocycles. The molecule has 1 saturated heterocycles. The van der Waals surface area contributed by atoms with Crippen molar-refractivity contribution >= 4 is 5.91 Å². The zero-order chi connectivity index (χ0) is 21.6. The average molecular weight is 420 g/mol. The molecule has 0 bridgehead atoms. The minimum absolute atomic E-state index is 0.0593. The Bertz CT molecular complexity index is 997. The Hall–Kier alpha value is -2.86. The minimum Gasteiger partial charge on any atom is -0.352 e. The molecule has 1 aromatic carbocycles. The van der Waals surface area contributed by atoms with E-state index in [1.165, 1.54) is 38.8 Å². The second-order valence-electron chi connectivity index (χ2n) is 8.49. The maximum Gasteiger partial charge on any atom is 0.256 e. The highest BCUT2D eigenvalue weighted by Crippen LogP contribution is 2.23. The van der Waals surface area contributed by atoms with Gasteiger partial charge in [-0.05, 0) is 82.6 Å². The van der Waals surface area contributed by atoms with Gasteiger partial charge in [-0.15, -0.1) is 0 Å². The van der Waals surface area contributed by atoms with E-state index in [1.807, 2.05) is 52.8 Å². The van der Waals surface area contributed by atoms with E-state index < -0.39 is 0 Å². The molecule has 1 aliphatic rings. The van der Waals surface area contributed by atoms with E-state index in [4.69, 9.17) is 5.10 Å². The Morgan fingerprint density at radius 2 is 1.77 bits per heavy atom. The lowest BCUT2D eigenvalue weighted by Crippen LogP contribution is -2.31. The van der Waals surface area contributed by atoms with E-state index in [-0.39, 0.29) is 5.91 Å². The lowest BCUT2D eigenvalue weighted by Gasteiger charge is -2.19. The Morgan fingerprint density at radius 3 is 2.48 bits per heavy atom. The number of hydrogen-bond acceptors (Lipinski definition) is 3. The second-order valence-corrected chi connectivity index (χ2v) is 8.49. The monoisotopic (exact) mass is 419 g/mol. The van der Waals surface area contributed by atoms with Gasteiger partial charge < -0.3 is 14.8 Å². The molecular formula is C25H33N5O. The van der Waals surface area contributed by atoms with Crippen molar-refractivity contribution in [2.45, 2.75) is 46.0 Å². The first-order chi connectivity index (χ1) is 15.1. The van der Waals surface area contributed by atoms with Crippen LogP contribution in [0.4, 0.5) is 0 Å². The summed E-state index contributed by atoms with van der Waals surface area (Å²) in [5, 5.41) is 7.88. The normalized spacial score (nSPS) is 15.0. The number of nitrogens with zero attached hydrogens (tertiary/aromatic N) is 4. The zero-order valence-electron chi connectivity index (χ0n) is 18.7. The van der Waals surface area contributed by atoms with E-state index >= 15 is 0 Å². The summed E-state index contributed by atoms with van der Waals surface area (Å²) in [6.45, 7) is 8.07. The van der Waals surface area contributed by atoms with Crippen LogP contribution in [0.15, 0.2) is 48.8 Å². The molecular weight excluding hydrogens is 386 g/mol. The van der Waals surface area contributed by atoms with Crippen LogP contribution in [0.25, 0.3) is 11.5 Å². The van der Waals surface area contributed by atoms with Crippen LogP contribution in [0, 0.1) is 13.8 Å². The van der Waals surface area contributed by atoms with Crippen LogP contribution in [-0.2, 0) is 0 Å². The van der Waals surface area contributed by atoms with Crippen molar-refractivity contribution in [3.63, 3.8) is 0 Å². The van der Waals surface area contributed by atoms with Gasteiger partial charge in [-0.25, -0.2) is 4.68 Å². The first-order valence-electron chi connectivity index (χ1n) is 11.4. The molecule has 1 amide bonds. The summed E-state index contributed by atoms with van der Waals surface area (Å²) in [5.41, 5.74) is 3.47. The molecule has 0 radical (unpaired) electrons. The van der Waals surface area contributed by atoms with Crippen molar-refractivity contribution in [2.24, 2.45) is 0 Å². The van der Waals surface area contributed by atoms with E-state index in [1.54, 1.807) is 0 Å². The summed E-state index contributed by atoms with van der Waals surface area (Å²) < 4.78 is 3.84. The smallest absolute Gasteiger partial charge is 0.256 e. The van der Waals surface area contributed by atoms with Gasteiger partial charge in [0.1, 0.15) is 5.56 Å². The number of hydrogen-bond donors (Lipinski definition) is 1. The van der Waals surface area contributed by atoms with Crippen LogP contribution in [0.3, 0.4) is 0 Å². The van der Waals surface area contributed by atoms with Crippen molar-refractivity contribution in [3.05, 3.63) is 65.6 Å². The number of carbonyl (C=O) groups is 1. The summed E-state index contributed by atoms with van der Waals surface area (Å²) in [6.07, 6.45) is 10.2. The van der Waals surface area contributed by atoms with Crippen LogP contribution < -0.4 is 5.32 Å². The average Bonchev–Trinajstić information content (AvgIpc) is 3.32. The highest BCUT2D eigenvalue weighted by atomic mass is 16.1. The molecule has 31 heavy (non-hydrogen) atoms. The van der Waals surface area contributed by atoms with Crippen molar-refractivity contribution in [3.8, 4) is 11.5 Å². The molecule has 0 saturated carbocycles. The highest BCUT2D eigenvalue weighted by molar-refractivity contribution is 5.98. The predicted molar refractivity (Wildman–Crippen MR) is 124 cm³/mol. The number of nitrogens with one attached hydrogen (secondary N) is 1. The van der Waals surface area contributed by atoms with Gasteiger partial charge in [0.15, 0.2) is 5.82 Å². The molecule has 1 fully saturated rings.